The highest BCUT2D eigenvalue weighted by atomic mass is 32.2. The van der Waals surface area contributed by atoms with Gasteiger partial charge in [0.2, 0.25) is 15.6 Å². The van der Waals surface area contributed by atoms with Crippen molar-refractivity contribution in [1.82, 2.24) is 5.32 Å². The number of fused-ring (bicyclic) bond motifs is 1. The van der Waals surface area contributed by atoms with E-state index in [1.807, 2.05) is 0 Å². The molecule has 0 saturated carbocycles. The Morgan fingerprint density at radius 3 is 2.29 bits per heavy atom. The summed E-state index contributed by atoms with van der Waals surface area (Å²) in [6.45, 7) is 0. The molecule has 0 bridgehead atoms. The average Bonchev–Trinajstić information content (AvgIpc) is 2.51. The highest BCUT2D eigenvalue weighted by Gasteiger charge is 2.42. The van der Waals surface area contributed by atoms with Gasteiger partial charge >= 0.3 is 0 Å². The maximum atomic E-state index is 12.5. The molecule has 1 N–H and O–H groups in total. The highest BCUT2D eigenvalue weighted by molar-refractivity contribution is 7.93. The van der Waals surface area contributed by atoms with Crippen LogP contribution in [0.3, 0.4) is 0 Å². The van der Waals surface area contributed by atoms with E-state index in [1.165, 1.54) is 30.3 Å². The lowest BCUT2D eigenvalue weighted by Crippen LogP contribution is -2.50. The topological polar surface area (TPSA) is 80.3 Å². The maximum Gasteiger partial charge on any atom is 0.253 e. The number of Topliss-reactive ketones (excluding diaryl/α,β-unsaturated/α-hetero) is 1. The molecule has 21 heavy (non-hydrogen) atoms. The molecule has 2 aromatic rings. The van der Waals surface area contributed by atoms with E-state index in [4.69, 9.17) is 0 Å². The molecule has 106 valence electrons. The molecule has 1 atom stereocenters. The first-order valence-corrected chi connectivity index (χ1v) is 7.79. The third-order valence-corrected chi connectivity index (χ3v) is 5.23. The van der Waals surface area contributed by atoms with E-state index < -0.39 is 26.9 Å². The second-order valence-electron chi connectivity index (χ2n) is 4.62. The molecule has 3 rings (SSSR count). The number of nitrogens with one attached hydrogen (secondary N) is 1. The van der Waals surface area contributed by atoms with Gasteiger partial charge in [-0.2, -0.15) is 0 Å². The standard InChI is InChI=1S/C15H11NO4S/c17-13(10-6-2-1-3-7-10)15-16-14(18)11-8-4-5-9-12(11)21(15,19)20/h1-9,15H,(H,16,18). The lowest BCUT2D eigenvalue weighted by molar-refractivity contribution is 0.0880. The summed E-state index contributed by atoms with van der Waals surface area (Å²) in [5.74, 6) is -1.20. The average molecular weight is 301 g/mol. The zero-order chi connectivity index (χ0) is 15.0. The molecule has 0 aromatic heterocycles. The van der Waals surface area contributed by atoms with Gasteiger partial charge in [-0.3, -0.25) is 9.59 Å². The van der Waals surface area contributed by atoms with Gasteiger partial charge in [0.1, 0.15) is 0 Å². The molecule has 1 aliphatic rings. The van der Waals surface area contributed by atoms with Crippen LogP contribution in [-0.2, 0) is 9.84 Å². The Bertz CT molecular complexity index is 828. The van der Waals surface area contributed by atoms with Crippen LogP contribution in [0, 0.1) is 0 Å². The van der Waals surface area contributed by atoms with Crippen LogP contribution in [0.4, 0.5) is 0 Å². The summed E-state index contributed by atoms with van der Waals surface area (Å²) in [6.07, 6.45) is 0. The molecule has 0 saturated heterocycles. The van der Waals surface area contributed by atoms with E-state index in [2.05, 4.69) is 5.32 Å². The van der Waals surface area contributed by atoms with Crippen LogP contribution in [0.2, 0.25) is 0 Å². The molecule has 0 fully saturated rings. The molecule has 5 nitrogen and oxygen atoms in total. The van der Waals surface area contributed by atoms with Crippen molar-refractivity contribution in [2.75, 3.05) is 0 Å². The van der Waals surface area contributed by atoms with Crippen molar-refractivity contribution < 1.29 is 18.0 Å². The third-order valence-electron chi connectivity index (χ3n) is 3.31. The minimum Gasteiger partial charge on any atom is -0.329 e. The van der Waals surface area contributed by atoms with Crippen LogP contribution in [0.25, 0.3) is 0 Å². The molecule has 2 aromatic carbocycles. The second-order valence-corrected chi connectivity index (χ2v) is 6.63. The fourth-order valence-corrected chi connectivity index (χ4v) is 3.93. The van der Waals surface area contributed by atoms with Gasteiger partial charge in [0, 0.05) is 5.56 Å². The van der Waals surface area contributed by atoms with Crippen LogP contribution >= 0.6 is 0 Å². The lowest BCUT2D eigenvalue weighted by atomic mass is 10.1. The Kier molecular flexibility index (Phi) is 3.10. The fourth-order valence-electron chi connectivity index (χ4n) is 2.26. The number of rotatable bonds is 2. The fraction of sp³-hybridized carbons (Fsp3) is 0.0667. The minimum absolute atomic E-state index is 0.0645. The van der Waals surface area contributed by atoms with Crippen LogP contribution in [0.1, 0.15) is 20.7 Å². The maximum absolute atomic E-state index is 12.5. The van der Waals surface area contributed by atoms with Gasteiger partial charge < -0.3 is 5.32 Å². The smallest absolute Gasteiger partial charge is 0.253 e. The van der Waals surface area contributed by atoms with Crippen molar-refractivity contribution in [3.8, 4) is 0 Å². The highest BCUT2D eigenvalue weighted by Crippen LogP contribution is 2.26. The van der Waals surface area contributed by atoms with Gasteiger partial charge in [0.05, 0.1) is 10.5 Å². The van der Waals surface area contributed by atoms with Crippen molar-refractivity contribution in [1.29, 1.82) is 0 Å². The number of amides is 1. The first-order valence-electron chi connectivity index (χ1n) is 6.25. The van der Waals surface area contributed by atoms with E-state index >= 15 is 0 Å². The van der Waals surface area contributed by atoms with Gasteiger partial charge in [-0.05, 0) is 12.1 Å². The van der Waals surface area contributed by atoms with E-state index in [1.54, 1.807) is 24.3 Å². The summed E-state index contributed by atoms with van der Waals surface area (Å²) in [6, 6.07) is 13.9. The predicted octanol–water partition coefficient (Wildman–Crippen LogP) is 1.41. The number of benzene rings is 2. The number of carbonyl (C=O) groups excluding carboxylic acids is 2. The van der Waals surface area contributed by atoms with Crippen molar-refractivity contribution in [3.63, 3.8) is 0 Å². The van der Waals surface area contributed by atoms with Crippen LogP contribution in [-0.4, -0.2) is 25.5 Å². The first-order chi connectivity index (χ1) is 10.0. The number of sulfone groups is 1. The molecular weight excluding hydrogens is 290 g/mol. The number of carbonyl (C=O) groups is 2. The Balaban J connectivity index is 2.11. The molecule has 1 aliphatic heterocycles. The largest absolute Gasteiger partial charge is 0.329 e. The van der Waals surface area contributed by atoms with E-state index in [0.717, 1.165) is 0 Å². The predicted molar refractivity (Wildman–Crippen MR) is 75.7 cm³/mol. The van der Waals surface area contributed by atoms with Gasteiger partial charge in [0.15, 0.2) is 5.37 Å². The van der Waals surface area contributed by atoms with Gasteiger partial charge in [-0.15, -0.1) is 0 Å². The minimum atomic E-state index is -3.94. The quantitative estimate of drug-likeness (QED) is 0.851. The van der Waals surface area contributed by atoms with Crippen molar-refractivity contribution in [2.45, 2.75) is 10.3 Å². The summed E-state index contributed by atoms with van der Waals surface area (Å²) in [4.78, 5) is 24.3. The van der Waals surface area contributed by atoms with Gasteiger partial charge in [0.25, 0.3) is 5.91 Å². The summed E-state index contributed by atoms with van der Waals surface area (Å²) < 4.78 is 25.1. The molecular formula is C15H11NO4S. The summed E-state index contributed by atoms with van der Waals surface area (Å²) in [5.41, 5.74) is 0.306. The Labute approximate surface area is 121 Å². The Morgan fingerprint density at radius 1 is 0.952 bits per heavy atom. The summed E-state index contributed by atoms with van der Waals surface area (Å²) >= 11 is 0. The van der Waals surface area contributed by atoms with Crippen molar-refractivity contribution in [3.05, 3.63) is 65.7 Å². The van der Waals surface area contributed by atoms with Crippen molar-refractivity contribution >= 4 is 21.5 Å². The second kappa shape index (κ2) is 4.82. The van der Waals surface area contributed by atoms with Crippen molar-refractivity contribution in [2.24, 2.45) is 0 Å². The van der Waals surface area contributed by atoms with Crippen LogP contribution in [0.5, 0.6) is 0 Å². The molecule has 1 unspecified atom stereocenters. The summed E-state index contributed by atoms with van der Waals surface area (Å²) in [5, 5.41) is 0.703. The first kappa shape index (κ1) is 13.5. The normalized spacial score (nSPS) is 19.4. The Hall–Kier alpha value is -2.47. The van der Waals surface area contributed by atoms with Crippen LogP contribution < -0.4 is 5.32 Å². The van der Waals surface area contributed by atoms with Gasteiger partial charge in [-0.1, -0.05) is 42.5 Å². The number of ketones is 1. The Morgan fingerprint density at radius 2 is 1.57 bits per heavy atom. The van der Waals surface area contributed by atoms with E-state index in [0.29, 0.717) is 0 Å². The molecule has 0 aliphatic carbocycles. The molecule has 1 heterocycles. The number of hydrogen-bond donors (Lipinski definition) is 1. The van der Waals surface area contributed by atoms with E-state index in [9.17, 15) is 18.0 Å². The van der Waals surface area contributed by atoms with E-state index in [-0.39, 0.29) is 16.0 Å². The molecule has 0 radical (unpaired) electrons. The SMILES string of the molecule is O=C1NC(C(=O)c2ccccc2)S(=O)(=O)c2ccccc21. The van der Waals surface area contributed by atoms with Gasteiger partial charge in [-0.25, -0.2) is 8.42 Å². The lowest BCUT2D eigenvalue weighted by Gasteiger charge is -2.24. The summed E-state index contributed by atoms with van der Waals surface area (Å²) in [7, 11) is -3.94. The zero-order valence-corrected chi connectivity index (χ0v) is 11.6. The third kappa shape index (κ3) is 2.13. The zero-order valence-electron chi connectivity index (χ0n) is 10.8. The molecule has 1 amide bonds. The molecule has 6 heteroatoms. The monoisotopic (exact) mass is 301 g/mol. The molecule has 0 spiro atoms. The van der Waals surface area contributed by atoms with Crippen LogP contribution in [0.15, 0.2) is 59.5 Å². The number of hydrogen-bond acceptors (Lipinski definition) is 4.